The number of carboxylic acid groups (broad SMARTS) is 1. The fourth-order valence-corrected chi connectivity index (χ4v) is 3.77. The smallest absolute Gasteiger partial charge is 0.352 e. The summed E-state index contributed by atoms with van der Waals surface area (Å²) in [6, 6.07) is 4.77. The number of hydrogen-bond acceptors (Lipinski definition) is 10. The van der Waals surface area contributed by atoms with Crippen molar-refractivity contribution in [2.75, 3.05) is 22.4 Å². The molecule has 4 N–H and O–H groups in total. The van der Waals surface area contributed by atoms with Crippen LogP contribution in [0.5, 0.6) is 0 Å². The zero-order chi connectivity index (χ0) is 25.3. The number of pyridine rings is 1. The quantitative estimate of drug-likeness (QED) is 0.330. The number of hydrazine groups is 1. The topological polar surface area (TPSA) is 167 Å². The minimum atomic E-state index is -1.28. The first-order chi connectivity index (χ1) is 16.7. The van der Waals surface area contributed by atoms with E-state index in [-0.39, 0.29) is 39.1 Å². The van der Waals surface area contributed by atoms with E-state index in [1.807, 2.05) is 0 Å². The van der Waals surface area contributed by atoms with Crippen LogP contribution in [-0.4, -0.2) is 40.5 Å². The molecule has 0 saturated heterocycles. The highest BCUT2D eigenvalue weighted by Crippen LogP contribution is 2.29. The van der Waals surface area contributed by atoms with Gasteiger partial charge in [-0.05, 0) is 17.7 Å². The van der Waals surface area contributed by atoms with Gasteiger partial charge in [0.25, 0.3) is 16.8 Å². The molecule has 1 atom stereocenters. The second kappa shape index (κ2) is 9.70. The lowest BCUT2D eigenvalue weighted by Crippen LogP contribution is -2.54. The van der Waals surface area contributed by atoms with Crippen molar-refractivity contribution in [3.8, 4) is 0 Å². The molecule has 180 valence electrons. The largest absolute Gasteiger partial charge is 0.480 e. The van der Waals surface area contributed by atoms with Gasteiger partial charge in [0.2, 0.25) is 0 Å². The summed E-state index contributed by atoms with van der Waals surface area (Å²) in [4.78, 5) is 68.2. The van der Waals surface area contributed by atoms with Crippen LogP contribution in [0, 0.1) is 0 Å². The second-order valence-corrected chi connectivity index (χ2v) is 8.21. The zero-order valence-corrected chi connectivity index (χ0v) is 19.0. The Kier molecular flexibility index (Phi) is 6.69. The molecule has 35 heavy (non-hydrogen) atoms. The third kappa shape index (κ3) is 4.94. The van der Waals surface area contributed by atoms with Crippen LogP contribution in [0.3, 0.4) is 0 Å². The number of hydrogen-bond donors (Lipinski definition) is 4. The Morgan fingerprint density at radius 2 is 1.77 bits per heavy atom. The molecule has 2 aromatic carbocycles. The Labute approximate surface area is 206 Å². The number of rotatable bonds is 7. The molecule has 12 nitrogen and oxygen atoms in total. The maximum atomic E-state index is 12.5. The van der Waals surface area contributed by atoms with Gasteiger partial charge in [-0.3, -0.25) is 29.2 Å². The van der Waals surface area contributed by atoms with E-state index in [2.05, 4.69) is 26.0 Å². The van der Waals surface area contributed by atoms with Crippen molar-refractivity contribution in [3.63, 3.8) is 0 Å². The number of aromatic nitrogens is 1. The number of nitrogens with zero attached hydrogens (tertiary/aromatic N) is 2. The number of benzene rings is 1. The summed E-state index contributed by atoms with van der Waals surface area (Å²) in [5.41, 5.74) is 3.50. The van der Waals surface area contributed by atoms with Crippen molar-refractivity contribution in [1.29, 1.82) is 0 Å². The Morgan fingerprint density at radius 1 is 1.11 bits per heavy atom. The van der Waals surface area contributed by atoms with E-state index in [1.54, 1.807) is 12.1 Å². The zero-order valence-electron chi connectivity index (χ0n) is 17.5. The Balaban J connectivity index is 1.47. The van der Waals surface area contributed by atoms with Gasteiger partial charge < -0.3 is 15.3 Å². The summed E-state index contributed by atoms with van der Waals surface area (Å²) in [6.07, 6.45) is 2.58. The Morgan fingerprint density at radius 3 is 2.40 bits per heavy atom. The maximum absolute atomic E-state index is 12.5. The lowest BCUT2D eigenvalue weighted by atomic mass is 10.0. The van der Waals surface area contributed by atoms with Crippen molar-refractivity contribution in [1.82, 2.24) is 10.4 Å². The van der Waals surface area contributed by atoms with Crippen LogP contribution in [0.4, 0.5) is 17.1 Å². The molecular formula is C21H15Cl2N5O7. The second-order valence-electron chi connectivity index (χ2n) is 7.40. The van der Waals surface area contributed by atoms with Gasteiger partial charge in [-0.25, -0.2) is 15.7 Å². The minimum absolute atomic E-state index is 0.0804. The normalized spacial score (nSPS) is 13.9. The molecule has 4 rings (SSSR count). The molecular weight excluding hydrogens is 505 g/mol. The van der Waals surface area contributed by atoms with Gasteiger partial charge in [0, 0.05) is 24.4 Å². The lowest BCUT2D eigenvalue weighted by molar-refractivity contribution is -0.141. The molecule has 1 aliphatic rings. The molecule has 14 heteroatoms. The predicted octanol–water partition coefficient (Wildman–Crippen LogP) is 1.13. The number of carboxylic acids is 1. The average Bonchev–Trinajstić information content (AvgIpc) is 2.97. The molecule has 0 bridgehead atoms. The molecule has 1 aromatic heterocycles. The lowest BCUT2D eigenvalue weighted by Gasteiger charge is -2.27. The van der Waals surface area contributed by atoms with E-state index in [9.17, 15) is 29.1 Å². The van der Waals surface area contributed by atoms with Crippen LogP contribution in [0.15, 0.2) is 46.2 Å². The van der Waals surface area contributed by atoms with Crippen LogP contribution >= 0.6 is 23.2 Å². The van der Waals surface area contributed by atoms with Crippen molar-refractivity contribution in [2.45, 2.75) is 12.5 Å². The Hall–Kier alpha value is -4.00. The molecule has 0 unspecified atom stereocenters. The van der Waals surface area contributed by atoms with Crippen LogP contribution in [-0.2, 0) is 20.8 Å². The van der Waals surface area contributed by atoms with Crippen LogP contribution in [0.25, 0.3) is 0 Å². The fourth-order valence-electron chi connectivity index (χ4n) is 3.31. The summed E-state index contributed by atoms with van der Waals surface area (Å²) in [7, 11) is 0. The monoisotopic (exact) mass is 519 g/mol. The molecule has 2 heterocycles. The average molecular weight is 520 g/mol. The van der Waals surface area contributed by atoms with Gasteiger partial charge in [-0.2, -0.15) is 0 Å². The van der Waals surface area contributed by atoms with Gasteiger partial charge in [-0.15, -0.1) is 0 Å². The molecule has 0 saturated carbocycles. The number of carbonyl (C=O) groups is 3. The van der Waals surface area contributed by atoms with Gasteiger partial charge in [-0.1, -0.05) is 35.3 Å². The van der Waals surface area contributed by atoms with Crippen molar-refractivity contribution in [3.05, 3.63) is 78.3 Å². The van der Waals surface area contributed by atoms with E-state index >= 15 is 0 Å². The van der Waals surface area contributed by atoms with Gasteiger partial charge in [0.15, 0.2) is 5.69 Å². The number of nitrogens with one attached hydrogen (secondary N) is 3. The Bertz CT molecular complexity index is 1380. The number of fused-ring (bicyclic) bond motifs is 1. The maximum Gasteiger partial charge on any atom is 0.352 e. The summed E-state index contributed by atoms with van der Waals surface area (Å²) >= 11 is 12.0. The first-order valence-electron chi connectivity index (χ1n) is 9.90. The molecule has 0 aliphatic carbocycles. The predicted molar refractivity (Wildman–Crippen MR) is 125 cm³/mol. The van der Waals surface area contributed by atoms with Gasteiger partial charge >= 0.3 is 11.9 Å². The van der Waals surface area contributed by atoms with E-state index < -0.39 is 41.3 Å². The van der Waals surface area contributed by atoms with E-state index in [0.29, 0.717) is 5.56 Å². The highest BCUT2D eigenvalue weighted by atomic mass is 35.5. The first kappa shape index (κ1) is 24.1. The standard InChI is InChI=1S/C21H15Cl2N5O7/c22-11-6-24-7-12(23)15(11)25-20(32)10-3-1-9(2-4-10)5-13(21(33)34)26-28-8-14(29)35-27-16-17(28)19(31)18(16)30/h1-4,6-7,13,26-27H,5,8H2,(H,33,34)(H,24,25,32)/t13-/m0/s1. The van der Waals surface area contributed by atoms with Crippen LogP contribution < -0.4 is 32.1 Å². The van der Waals surface area contributed by atoms with Crippen molar-refractivity contribution >= 4 is 58.1 Å². The molecule has 3 aromatic rings. The van der Waals surface area contributed by atoms with Crippen molar-refractivity contribution in [2.24, 2.45) is 0 Å². The van der Waals surface area contributed by atoms with Gasteiger partial charge in [0.1, 0.15) is 18.3 Å². The fraction of sp³-hybridized carbons (Fsp3) is 0.143. The third-order valence-corrected chi connectivity index (χ3v) is 5.64. The van der Waals surface area contributed by atoms with E-state index in [1.165, 1.54) is 24.5 Å². The molecule has 0 radical (unpaired) electrons. The van der Waals surface area contributed by atoms with Crippen molar-refractivity contribution < 1.29 is 24.3 Å². The summed E-state index contributed by atoms with van der Waals surface area (Å²) in [5, 5.41) is 13.6. The van der Waals surface area contributed by atoms with E-state index in [4.69, 9.17) is 23.2 Å². The number of halogens is 2. The van der Waals surface area contributed by atoms with Gasteiger partial charge in [0.05, 0.1) is 15.7 Å². The molecule has 1 amide bonds. The molecule has 0 spiro atoms. The van der Waals surface area contributed by atoms with E-state index in [0.717, 1.165) is 5.01 Å². The SMILES string of the molecule is O=C1CN(N[C@@H](Cc2ccc(C(=O)Nc3c(Cl)cncc3Cl)cc2)C(=O)O)c2c(c(=O)c2=O)NO1. The molecule has 0 fully saturated rings. The summed E-state index contributed by atoms with van der Waals surface area (Å²) < 4.78 is 0. The number of aliphatic carboxylic acids is 1. The van der Waals surface area contributed by atoms with Crippen LogP contribution in [0.1, 0.15) is 15.9 Å². The third-order valence-electron chi connectivity index (χ3n) is 5.07. The van der Waals surface area contributed by atoms with Crippen LogP contribution in [0.2, 0.25) is 10.0 Å². The minimum Gasteiger partial charge on any atom is -0.480 e. The molecule has 1 aliphatic heterocycles. The first-order valence-corrected chi connectivity index (χ1v) is 10.7. The number of anilines is 3. The highest BCUT2D eigenvalue weighted by molar-refractivity contribution is 6.39. The number of carbonyl (C=O) groups excluding carboxylic acids is 2. The summed E-state index contributed by atoms with van der Waals surface area (Å²) in [6.45, 7) is -0.506. The summed E-state index contributed by atoms with van der Waals surface area (Å²) in [5.74, 6) is -2.61. The highest BCUT2D eigenvalue weighted by Gasteiger charge is 2.34. The number of amides is 1.